The van der Waals surface area contributed by atoms with Crippen LogP contribution in [0.1, 0.15) is 35.3 Å². The number of hydrogen-bond donors (Lipinski definition) is 0. The molecule has 0 saturated carbocycles. The first-order valence-electron chi connectivity index (χ1n) is 8.24. The average molecular weight is 333 g/mol. The minimum atomic E-state index is -0.492. The van der Waals surface area contributed by atoms with Crippen molar-refractivity contribution in [3.8, 4) is 0 Å². The number of benzene rings is 1. The summed E-state index contributed by atoms with van der Waals surface area (Å²) in [6, 6.07) is 3.96. The van der Waals surface area contributed by atoms with Crippen molar-refractivity contribution in [3.05, 3.63) is 53.6 Å². The zero-order chi connectivity index (χ0) is 17.1. The number of imidazole rings is 1. The first-order valence-corrected chi connectivity index (χ1v) is 8.24. The Balaban J connectivity index is 1.62. The molecule has 2 heterocycles. The van der Waals surface area contributed by atoms with Gasteiger partial charge in [0.25, 0.3) is 5.91 Å². The lowest BCUT2D eigenvalue weighted by Gasteiger charge is -2.32. The zero-order valence-electron chi connectivity index (χ0n) is 13.7. The number of hydrogen-bond acceptors (Lipinski definition) is 2. The Morgan fingerprint density at radius 2 is 2.08 bits per heavy atom. The fourth-order valence-corrected chi connectivity index (χ4v) is 3.33. The van der Waals surface area contributed by atoms with Gasteiger partial charge in [0.1, 0.15) is 17.3 Å². The molecule has 0 bridgehead atoms. The highest BCUT2D eigenvalue weighted by molar-refractivity contribution is 5.92. The third kappa shape index (κ3) is 3.47. The summed E-state index contributed by atoms with van der Waals surface area (Å²) >= 11 is 0. The van der Waals surface area contributed by atoms with Crippen LogP contribution in [0.4, 0.5) is 8.78 Å². The van der Waals surface area contributed by atoms with E-state index in [1.165, 1.54) is 18.2 Å². The Morgan fingerprint density at radius 3 is 2.75 bits per heavy atom. The molecule has 1 aliphatic rings. The molecule has 0 radical (unpaired) electrons. The molecular formula is C18H21F2N3O. The number of piperidine rings is 1. The van der Waals surface area contributed by atoms with Gasteiger partial charge in [0.2, 0.25) is 0 Å². The molecule has 1 aromatic carbocycles. The largest absolute Gasteiger partial charge is 0.337 e. The van der Waals surface area contributed by atoms with Gasteiger partial charge in [0, 0.05) is 25.7 Å². The van der Waals surface area contributed by atoms with Crippen LogP contribution in [0.5, 0.6) is 0 Å². The predicted octanol–water partition coefficient (Wildman–Crippen LogP) is 3.18. The second kappa shape index (κ2) is 7.11. The molecule has 0 aliphatic carbocycles. The zero-order valence-corrected chi connectivity index (χ0v) is 13.7. The molecule has 1 fully saturated rings. The fraction of sp³-hybridized carbons (Fsp3) is 0.444. The molecule has 2 aromatic rings. The predicted molar refractivity (Wildman–Crippen MR) is 86.5 cm³/mol. The van der Waals surface area contributed by atoms with Gasteiger partial charge in [-0.2, -0.15) is 0 Å². The third-order valence-corrected chi connectivity index (χ3v) is 4.71. The summed E-state index contributed by atoms with van der Waals surface area (Å²) in [7, 11) is 1.79. The number of halogens is 2. The molecule has 1 atom stereocenters. The highest BCUT2D eigenvalue weighted by atomic mass is 19.1. The number of carbonyl (C=O) groups excluding carboxylic acids is 1. The standard InChI is InChI=1S/C18H21F2N3O/c1-22-12-21-10-17(22)18(24)23-9-3-4-13(11-23)7-8-14-15(19)5-2-6-16(14)20/h2,5-6,10,12-13H,3-4,7-9,11H2,1H3. The van der Waals surface area contributed by atoms with Crippen LogP contribution in [0.2, 0.25) is 0 Å². The summed E-state index contributed by atoms with van der Waals surface area (Å²) in [4.78, 5) is 18.4. The molecule has 1 aromatic heterocycles. The van der Waals surface area contributed by atoms with Gasteiger partial charge in [-0.05, 0) is 43.7 Å². The van der Waals surface area contributed by atoms with Gasteiger partial charge in [-0.25, -0.2) is 13.8 Å². The molecule has 1 saturated heterocycles. The summed E-state index contributed by atoms with van der Waals surface area (Å²) in [5, 5.41) is 0. The monoisotopic (exact) mass is 333 g/mol. The lowest BCUT2D eigenvalue weighted by molar-refractivity contribution is 0.0658. The van der Waals surface area contributed by atoms with Crippen LogP contribution in [-0.4, -0.2) is 33.4 Å². The molecule has 128 valence electrons. The number of likely N-dealkylation sites (tertiary alicyclic amines) is 1. The minimum absolute atomic E-state index is 0.0308. The van der Waals surface area contributed by atoms with E-state index in [0.29, 0.717) is 31.6 Å². The van der Waals surface area contributed by atoms with Crippen LogP contribution in [0.25, 0.3) is 0 Å². The van der Waals surface area contributed by atoms with Gasteiger partial charge in [-0.1, -0.05) is 6.07 Å². The van der Waals surface area contributed by atoms with Gasteiger partial charge >= 0.3 is 0 Å². The summed E-state index contributed by atoms with van der Waals surface area (Å²) in [5.74, 6) is -0.756. The van der Waals surface area contributed by atoms with Crippen LogP contribution in [0.15, 0.2) is 30.7 Å². The molecule has 0 N–H and O–H groups in total. The minimum Gasteiger partial charge on any atom is -0.337 e. The van der Waals surface area contributed by atoms with Crippen molar-refractivity contribution >= 4 is 5.91 Å². The lowest BCUT2D eigenvalue weighted by atomic mass is 9.91. The van der Waals surface area contributed by atoms with Gasteiger partial charge in [0.15, 0.2) is 0 Å². The van der Waals surface area contributed by atoms with Crippen molar-refractivity contribution < 1.29 is 13.6 Å². The molecular weight excluding hydrogens is 312 g/mol. The summed E-state index contributed by atoms with van der Waals surface area (Å²) in [6.07, 6.45) is 6.10. The number of aromatic nitrogens is 2. The van der Waals surface area contributed by atoms with E-state index in [-0.39, 0.29) is 17.4 Å². The second-order valence-corrected chi connectivity index (χ2v) is 6.39. The maximum Gasteiger partial charge on any atom is 0.272 e. The Hall–Kier alpha value is -2.24. The van der Waals surface area contributed by atoms with Gasteiger partial charge in [0.05, 0.1) is 12.5 Å². The van der Waals surface area contributed by atoms with Crippen LogP contribution in [0.3, 0.4) is 0 Å². The average Bonchev–Trinajstić information content (AvgIpc) is 3.00. The fourth-order valence-electron chi connectivity index (χ4n) is 3.33. The summed E-state index contributed by atoms with van der Waals surface area (Å²) < 4.78 is 29.2. The number of nitrogens with zero attached hydrogens (tertiary/aromatic N) is 3. The maximum atomic E-state index is 13.7. The smallest absolute Gasteiger partial charge is 0.272 e. The Kier molecular flexibility index (Phi) is 4.92. The van der Waals surface area contributed by atoms with E-state index in [1.54, 1.807) is 24.1 Å². The molecule has 1 aliphatic heterocycles. The van der Waals surface area contributed by atoms with Gasteiger partial charge in [-0.3, -0.25) is 4.79 Å². The van der Waals surface area contributed by atoms with Crippen LogP contribution in [0, 0.1) is 17.6 Å². The second-order valence-electron chi connectivity index (χ2n) is 6.39. The van der Waals surface area contributed by atoms with Crippen LogP contribution < -0.4 is 0 Å². The lowest BCUT2D eigenvalue weighted by Crippen LogP contribution is -2.40. The van der Waals surface area contributed by atoms with E-state index >= 15 is 0 Å². The van der Waals surface area contributed by atoms with Crippen molar-refractivity contribution in [3.63, 3.8) is 0 Å². The summed E-state index contributed by atoms with van der Waals surface area (Å²) in [5.41, 5.74) is 0.711. The molecule has 6 heteroatoms. The van der Waals surface area contributed by atoms with Gasteiger partial charge < -0.3 is 9.47 Å². The molecule has 4 nitrogen and oxygen atoms in total. The van der Waals surface area contributed by atoms with E-state index in [1.807, 2.05) is 4.90 Å². The Bertz CT molecular complexity index is 709. The SMILES string of the molecule is Cn1cncc1C(=O)N1CCCC(CCc2c(F)cccc2F)C1. The van der Waals surface area contributed by atoms with Crippen molar-refractivity contribution in [2.24, 2.45) is 13.0 Å². The van der Waals surface area contributed by atoms with E-state index in [9.17, 15) is 13.6 Å². The van der Waals surface area contributed by atoms with Crippen LogP contribution >= 0.6 is 0 Å². The van der Waals surface area contributed by atoms with E-state index < -0.39 is 11.6 Å². The van der Waals surface area contributed by atoms with E-state index in [0.717, 1.165) is 12.8 Å². The molecule has 3 rings (SSSR count). The van der Waals surface area contributed by atoms with Crippen molar-refractivity contribution in [2.45, 2.75) is 25.7 Å². The first-order chi connectivity index (χ1) is 11.6. The van der Waals surface area contributed by atoms with Gasteiger partial charge in [-0.15, -0.1) is 0 Å². The number of amides is 1. The number of rotatable bonds is 4. The quantitative estimate of drug-likeness (QED) is 0.862. The number of carbonyl (C=O) groups is 1. The summed E-state index contributed by atoms with van der Waals surface area (Å²) in [6.45, 7) is 1.34. The van der Waals surface area contributed by atoms with Crippen molar-refractivity contribution in [2.75, 3.05) is 13.1 Å². The maximum absolute atomic E-state index is 13.7. The van der Waals surface area contributed by atoms with Crippen molar-refractivity contribution in [1.82, 2.24) is 14.5 Å². The topological polar surface area (TPSA) is 38.1 Å². The van der Waals surface area contributed by atoms with Crippen LogP contribution in [-0.2, 0) is 13.5 Å². The van der Waals surface area contributed by atoms with E-state index in [4.69, 9.17) is 0 Å². The third-order valence-electron chi connectivity index (χ3n) is 4.71. The molecule has 1 amide bonds. The normalized spacial score (nSPS) is 18.0. The molecule has 24 heavy (non-hydrogen) atoms. The molecule has 1 unspecified atom stereocenters. The highest BCUT2D eigenvalue weighted by Crippen LogP contribution is 2.24. The Labute approximate surface area is 140 Å². The Morgan fingerprint density at radius 1 is 1.33 bits per heavy atom. The van der Waals surface area contributed by atoms with Crippen molar-refractivity contribution in [1.29, 1.82) is 0 Å². The highest BCUT2D eigenvalue weighted by Gasteiger charge is 2.26. The molecule has 0 spiro atoms. The first kappa shape index (κ1) is 16.6. The number of aryl methyl sites for hydroxylation is 1. The van der Waals surface area contributed by atoms with E-state index in [2.05, 4.69) is 4.98 Å².